The third kappa shape index (κ3) is 2.08. The van der Waals surface area contributed by atoms with Crippen molar-refractivity contribution in [1.82, 2.24) is 9.97 Å². The lowest BCUT2D eigenvalue weighted by molar-refractivity contribution is 0.623. The van der Waals surface area contributed by atoms with E-state index in [0.29, 0.717) is 9.99 Å². The Kier molecular flexibility index (Phi) is 3.04. The number of fused-ring (bicyclic) bond motifs is 2. The first-order valence-corrected chi connectivity index (χ1v) is 8.49. The van der Waals surface area contributed by atoms with E-state index in [4.69, 9.17) is 5.73 Å². The van der Waals surface area contributed by atoms with Crippen molar-refractivity contribution in [3.8, 4) is 11.4 Å². The van der Waals surface area contributed by atoms with Crippen LogP contribution in [0, 0.1) is 5.82 Å². The Morgan fingerprint density at radius 2 is 2.10 bits per heavy atom. The summed E-state index contributed by atoms with van der Waals surface area (Å²) < 4.78 is 14.1. The molecule has 0 spiro atoms. The van der Waals surface area contributed by atoms with Crippen LogP contribution in [-0.2, 0) is 12.8 Å². The summed E-state index contributed by atoms with van der Waals surface area (Å²) in [6.07, 6.45) is 4.57. The molecule has 0 saturated heterocycles. The van der Waals surface area contributed by atoms with Gasteiger partial charge in [0, 0.05) is 10.9 Å². The standard InChI is InChI=1S/C15H13BrFN3S/c16-8-5-10-11(6-9(8)17)20-15(19-10)13-7-3-1-2-4-12(7)21-14(13)18/h5-6H,1-4,18H2,(H,19,20). The van der Waals surface area contributed by atoms with Gasteiger partial charge in [-0.3, -0.25) is 0 Å². The highest BCUT2D eigenvalue weighted by Gasteiger charge is 2.22. The number of rotatable bonds is 1. The molecule has 6 heteroatoms. The Morgan fingerprint density at radius 3 is 2.95 bits per heavy atom. The largest absolute Gasteiger partial charge is 0.390 e. The molecule has 0 unspecified atom stereocenters. The number of anilines is 1. The predicted molar refractivity (Wildman–Crippen MR) is 88.1 cm³/mol. The van der Waals surface area contributed by atoms with E-state index in [-0.39, 0.29) is 5.82 Å². The van der Waals surface area contributed by atoms with Gasteiger partial charge in [0.2, 0.25) is 0 Å². The molecule has 0 aliphatic heterocycles. The summed E-state index contributed by atoms with van der Waals surface area (Å²) in [6, 6.07) is 3.16. The van der Waals surface area contributed by atoms with Crippen molar-refractivity contribution in [2.45, 2.75) is 25.7 Å². The molecular formula is C15H13BrFN3S. The summed E-state index contributed by atoms with van der Waals surface area (Å²) in [5.41, 5.74) is 9.99. The van der Waals surface area contributed by atoms with E-state index in [1.54, 1.807) is 17.4 Å². The molecule has 4 rings (SSSR count). The molecule has 0 radical (unpaired) electrons. The molecule has 3 N–H and O–H groups in total. The van der Waals surface area contributed by atoms with Crippen molar-refractivity contribution in [1.29, 1.82) is 0 Å². The summed E-state index contributed by atoms with van der Waals surface area (Å²) in [5, 5.41) is 0.806. The number of aromatic amines is 1. The van der Waals surface area contributed by atoms with Crippen LogP contribution in [0.2, 0.25) is 0 Å². The predicted octanol–water partition coefficient (Wildman–Crippen LogP) is 4.65. The zero-order chi connectivity index (χ0) is 14.6. The van der Waals surface area contributed by atoms with Crippen molar-refractivity contribution >= 4 is 43.3 Å². The van der Waals surface area contributed by atoms with Gasteiger partial charge < -0.3 is 10.7 Å². The molecule has 21 heavy (non-hydrogen) atoms. The smallest absolute Gasteiger partial charge is 0.141 e. The van der Waals surface area contributed by atoms with Crippen molar-refractivity contribution in [3.05, 3.63) is 32.9 Å². The van der Waals surface area contributed by atoms with Gasteiger partial charge in [0.1, 0.15) is 11.6 Å². The highest BCUT2D eigenvalue weighted by Crippen LogP contribution is 2.42. The lowest BCUT2D eigenvalue weighted by Gasteiger charge is -2.11. The van der Waals surface area contributed by atoms with E-state index >= 15 is 0 Å². The molecule has 0 fully saturated rings. The van der Waals surface area contributed by atoms with Gasteiger partial charge >= 0.3 is 0 Å². The molecule has 0 atom stereocenters. The summed E-state index contributed by atoms with van der Waals surface area (Å²) in [5.74, 6) is 0.456. The lowest BCUT2D eigenvalue weighted by atomic mass is 9.95. The number of thiophene rings is 1. The zero-order valence-corrected chi connectivity index (χ0v) is 13.6. The third-order valence-electron chi connectivity index (χ3n) is 3.96. The second kappa shape index (κ2) is 4.81. The first-order valence-electron chi connectivity index (χ1n) is 6.88. The van der Waals surface area contributed by atoms with E-state index in [2.05, 4.69) is 25.9 Å². The van der Waals surface area contributed by atoms with E-state index in [1.807, 2.05) is 0 Å². The maximum absolute atomic E-state index is 13.6. The summed E-state index contributed by atoms with van der Waals surface area (Å²) in [4.78, 5) is 9.19. The minimum atomic E-state index is -0.294. The fourth-order valence-electron chi connectivity index (χ4n) is 2.97. The minimum absolute atomic E-state index is 0.294. The first-order chi connectivity index (χ1) is 10.1. The number of nitrogens with zero attached hydrogens (tertiary/aromatic N) is 1. The number of benzene rings is 1. The number of nitrogens with one attached hydrogen (secondary N) is 1. The number of hydrogen-bond acceptors (Lipinski definition) is 3. The average Bonchev–Trinajstić information content (AvgIpc) is 2.98. The second-order valence-electron chi connectivity index (χ2n) is 5.32. The SMILES string of the molecule is Nc1sc2c(c1-c1nc3cc(Br)c(F)cc3[nH]1)CCCC2. The molecule has 1 aliphatic carbocycles. The van der Waals surface area contributed by atoms with Gasteiger partial charge in [0.05, 0.1) is 26.1 Å². The topological polar surface area (TPSA) is 54.7 Å². The normalized spacial score (nSPS) is 14.6. The van der Waals surface area contributed by atoms with Gasteiger partial charge in [-0.05, 0) is 53.2 Å². The van der Waals surface area contributed by atoms with Crippen molar-refractivity contribution < 1.29 is 4.39 Å². The lowest BCUT2D eigenvalue weighted by Crippen LogP contribution is -2.00. The average molecular weight is 366 g/mol. The molecule has 2 heterocycles. The van der Waals surface area contributed by atoms with Gasteiger partial charge in [-0.1, -0.05) is 0 Å². The number of aryl methyl sites for hydroxylation is 1. The van der Waals surface area contributed by atoms with Gasteiger partial charge in [0.15, 0.2) is 0 Å². The first kappa shape index (κ1) is 13.3. The molecule has 0 saturated carbocycles. The van der Waals surface area contributed by atoms with Crippen LogP contribution in [0.5, 0.6) is 0 Å². The van der Waals surface area contributed by atoms with Crippen LogP contribution in [0.25, 0.3) is 22.4 Å². The Balaban J connectivity index is 1.92. The van der Waals surface area contributed by atoms with Crippen molar-refractivity contribution in [2.75, 3.05) is 5.73 Å². The summed E-state index contributed by atoms with van der Waals surface area (Å²) in [7, 11) is 0. The van der Waals surface area contributed by atoms with Gasteiger partial charge in [-0.25, -0.2) is 9.37 Å². The Hall–Kier alpha value is -1.40. The molecule has 0 amide bonds. The van der Waals surface area contributed by atoms with Crippen molar-refractivity contribution in [2.24, 2.45) is 0 Å². The fourth-order valence-corrected chi connectivity index (χ4v) is 4.46. The van der Waals surface area contributed by atoms with Crippen LogP contribution in [0.15, 0.2) is 16.6 Å². The van der Waals surface area contributed by atoms with Crippen LogP contribution in [-0.4, -0.2) is 9.97 Å². The van der Waals surface area contributed by atoms with Crippen LogP contribution >= 0.6 is 27.3 Å². The van der Waals surface area contributed by atoms with Crippen LogP contribution in [0.4, 0.5) is 9.39 Å². The second-order valence-corrected chi connectivity index (χ2v) is 7.31. The summed E-state index contributed by atoms with van der Waals surface area (Å²) >= 11 is 4.86. The molecule has 1 aliphatic rings. The molecular weight excluding hydrogens is 353 g/mol. The number of H-pyrrole nitrogens is 1. The van der Waals surface area contributed by atoms with E-state index in [9.17, 15) is 4.39 Å². The number of imidazole rings is 1. The number of halogens is 2. The number of nitrogen functional groups attached to an aromatic ring is 1. The molecule has 3 aromatic rings. The third-order valence-corrected chi connectivity index (χ3v) is 5.69. The Morgan fingerprint density at radius 1 is 1.29 bits per heavy atom. The van der Waals surface area contributed by atoms with Gasteiger partial charge in [-0.2, -0.15) is 0 Å². The highest BCUT2D eigenvalue weighted by atomic mass is 79.9. The van der Waals surface area contributed by atoms with E-state index < -0.39 is 0 Å². The number of aromatic nitrogens is 2. The zero-order valence-electron chi connectivity index (χ0n) is 11.2. The highest BCUT2D eigenvalue weighted by molar-refractivity contribution is 9.10. The van der Waals surface area contributed by atoms with E-state index in [1.165, 1.54) is 29.3 Å². The van der Waals surface area contributed by atoms with E-state index in [0.717, 1.165) is 34.7 Å². The monoisotopic (exact) mass is 365 g/mol. The quantitative estimate of drug-likeness (QED) is 0.659. The molecule has 2 aromatic heterocycles. The Labute approximate surface area is 133 Å². The molecule has 3 nitrogen and oxygen atoms in total. The summed E-state index contributed by atoms with van der Waals surface area (Å²) in [6.45, 7) is 0. The minimum Gasteiger partial charge on any atom is -0.390 e. The number of nitrogens with two attached hydrogens (primary N) is 1. The van der Waals surface area contributed by atoms with Crippen LogP contribution < -0.4 is 5.73 Å². The number of hydrogen-bond donors (Lipinski definition) is 2. The molecule has 0 bridgehead atoms. The maximum atomic E-state index is 13.6. The van der Waals surface area contributed by atoms with Crippen molar-refractivity contribution in [3.63, 3.8) is 0 Å². The Bertz CT molecular complexity index is 813. The van der Waals surface area contributed by atoms with Crippen LogP contribution in [0.3, 0.4) is 0 Å². The van der Waals surface area contributed by atoms with Crippen LogP contribution in [0.1, 0.15) is 23.3 Å². The molecule has 108 valence electrons. The van der Waals surface area contributed by atoms with Gasteiger partial charge in [-0.15, -0.1) is 11.3 Å². The molecule has 1 aromatic carbocycles. The van der Waals surface area contributed by atoms with Gasteiger partial charge in [0.25, 0.3) is 0 Å². The maximum Gasteiger partial charge on any atom is 0.141 e. The fraction of sp³-hybridized carbons (Fsp3) is 0.267.